The second kappa shape index (κ2) is 6.26. The molecule has 1 heterocycles. The molecule has 0 saturated carbocycles. The molecule has 1 aromatic heterocycles. The molecule has 5 heteroatoms. The van der Waals surface area contributed by atoms with Gasteiger partial charge in [-0.25, -0.2) is 13.8 Å². The number of rotatable bonds is 6. The monoisotopic (exact) mass is 251 g/mol. The molecule has 2 N–H and O–H groups in total. The van der Waals surface area contributed by atoms with Gasteiger partial charge >= 0.3 is 0 Å². The van der Waals surface area contributed by atoms with Crippen LogP contribution in [0.2, 0.25) is 0 Å². The number of aromatic amines is 1. The minimum absolute atomic E-state index is 0.335. The smallest absolute Gasteiger partial charge is 0.163 e. The molecule has 0 radical (unpaired) electrons. The van der Waals surface area contributed by atoms with Gasteiger partial charge in [0.1, 0.15) is 5.82 Å². The molecule has 0 aliphatic rings. The van der Waals surface area contributed by atoms with Crippen LogP contribution in [0.5, 0.6) is 0 Å². The molecule has 0 spiro atoms. The highest BCUT2D eigenvalue weighted by Crippen LogP contribution is 2.10. The molecule has 2 rings (SSSR count). The Morgan fingerprint density at radius 1 is 1.28 bits per heavy atom. The summed E-state index contributed by atoms with van der Waals surface area (Å²) in [6.07, 6.45) is 5.23. The lowest BCUT2D eigenvalue weighted by molar-refractivity contribution is 0.492. The van der Waals surface area contributed by atoms with Crippen molar-refractivity contribution < 1.29 is 8.78 Å². The van der Waals surface area contributed by atoms with Gasteiger partial charge in [0.25, 0.3) is 0 Å². The van der Waals surface area contributed by atoms with Crippen LogP contribution in [0, 0.1) is 11.6 Å². The van der Waals surface area contributed by atoms with Crippen molar-refractivity contribution in [1.29, 1.82) is 0 Å². The molecule has 0 atom stereocenters. The lowest BCUT2D eigenvalue weighted by atomic mass is 10.2. The number of H-pyrrole nitrogens is 1. The van der Waals surface area contributed by atoms with Crippen molar-refractivity contribution in [2.45, 2.75) is 19.4 Å². The molecule has 0 aliphatic heterocycles. The van der Waals surface area contributed by atoms with Gasteiger partial charge in [0.15, 0.2) is 11.6 Å². The van der Waals surface area contributed by atoms with Gasteiger partial charge in [0.2, 0.25) is 0 Å². The van der Waals surface area contributed by atoms with Crippen LogP contribution < -0.4 is 5.32 Å². The Hall–Kier alpha value is -1.75. The number of hydrogen-bond donors (Lipinski definition) is 2. The zero-order valence-corrected chi connectivity index (χ0v) is 9.92. The summed E-state index contributed by atoms with van der Waals surface area (Å²) in [6, 6.07) is 4.21. The number of nitrogens with one attached hydrogen (secondary N) is 2. The van der Waals surface area contributed by atoms with E-state index in [9.17, 15) is 8.78 Å². The Kier molecular flexibility index (Phi) is 4.41. The first-order valence-corrected chi connectivity index (χ1v) is 5.89. The van der Waals surface area contributed by atoms with Crippen LogP contribution in [0.1, 0.15) is 17.8 Å². The first-order chi connectivity index (χ1) is 8.77. The van der Waals surface area contributed by atoms with Crippen LogP contribution in [0.3, 0.4) is 0 Å². The molecule has 1 aromatic carbocycles. The summed E-state index contributed by atoms with van der Waals surface area (Å²) >= 11 is 0. The van der Waals surface area contributed by atoms with E-state index in [0.717, 1.165) is 31.3 Å². The molecule has 96 valence electrons. The highest BCUT2D eigenvalue weighted by molar-refractivity contribution is 5.18. The van der Waals surface area contributed by atoms with Crippen LogP contribution in [0.15, 0.2) is 30.6 Å². The van der Waals surface area contributed by atoms with Gasteiger partial charge in [-0.2, -0.15) is 0 Å². The van der Waals surface area contributed by atoms with Crippen LogP contribution >= 0.6 is 0 Å². The van der Waals surface area contributed by atoms with E-state index in [0.29, 0.717) is 12.1 Å². The number of imidazole rings is 1. The standard InChI is InChI=1S/C13H15F2N3/c14-11-4-1-3-10(13(11)15)9-16-6-2-5-12-17-7-8-18-12/h1,3-4,7-8,16H,2,5-6,9H2,(H,17,18). The van der Waals surface area contributed by atoms with Gasteiger partial charge in [-0.05, 0) is 19.0 Å². The fourth-order valence-electron chi connectivity index (χ4n) is 1.72. The summed E-state index contributed by atoms with van der Waals surface area (Å²) in [5, 5.41) is 3.08. The lowest BCUT2D eigenvalue weighted by Crippen LogP contribution is -2.16. The number of nitrogens with zero attached hydrogens (tertiary/aromatic N) is 1. The predicted molar refractivity (Wildman–Crippen MR) is 65.0 cm³/mol. The third-order valence-electron chi connectivity index (χ3n) is 2.67. The number of benzene rings is 1. The van der Waals surface area contributed by atoms with Crippen molar-refractivity contribution in [3.63, 3.8) is 0 Å². The van der Waals surface area contributed by atoms with E-state index < -0.39 is 11.6 Å². The van der Waals surface area contributed by atoms with E-state index in [1.54, 1.807) is 18.5 Å². The van der Waals surface area contributed by atoms with Crippen LogP contribution in [0.4, 0.5) is 8.78 Å². The molecule has 0 bridgehead atoms. The average molecular weight is 251 g/mol. The van der Waals surface area contributed by atoms with E-state index in [1.165, 1.54) is 6.07 Å². The van der Waals surface area contributed by atoms with Crippen molar-refractivity contribution in [3.8, 4) is 0 Å². The number of halogens is 2. The van der Waals surface area contributed by atoms with Gasteiger partial charge < -0.3 is 10.3 Å². The molecule has 18 heavy (non-hydrogen) atoms. The molecule has 0 fully saturated rings. The van der Waals surface area contributed by atoms with Crippen LogP contribution in [0.25, 0.3) is 0 Å². The maximum Gasteiger partial charge on any atom is 0.163 e. The van der Waals surface area contributed by atoms with E-state index in [2.05, 4.69) is 15.3 Å². The number of aromatic nitrogens is 2. The zero-order chi connectivity index (χ0) is 12.8. The Bertz CT molecular complexity index is 483. The van der Waals surface area contributed by atoms with Gasteiger partial charge in [-0.3, -0.25) is 0 Å². The van der Waals surface area contributed by atoms with Gasteiger partial charge in [-0.1, -0.05) is 12.1 Å². The maximum atomic E-state index is 13.3. The van der Waals surface area contributed by atoms with E-state index >= 15 is 0 Å². The van der Waals surface area contributed by atoms with Crippen molar-refractivity contribution >= 4 is 0 Å². The van der Waals surface area contributed by atoms with Crippen molar-refractivity contribution in [3.05, 3.63) is 53.6 Å². The van der Waals surface area contributed by atoms with Gasteiger partial charge in [0.05, 0.1) is 0 Å². The first kappa shape index (κ1) is 12.7. The molecule has 0 saturated heterocycles. The molecule has 0 unspecified atom stereocenters. The SMILES string of the molecule is Fc1cccc(CNCCCc2ncc[nH]2)c1F. The Labute approximate surface area is 104 Å². The molecule has 0 amide bonds. The zero-order valence-electron chi connectivity index (χ0n) is 9.92. The lowest BCUT2D eigenvalue weighted by Gasteiger charge is -2.05. The third-order valence-corrected chi connectivity index (χ3v) is 2.67. The second-order valence-corrected chi connectivity index (χ2v) is 4.03. The summed E-state index contributed by atoms with van der Waals surface area (Å²) in [4.78, 5) is 7.12. The normalized spacial score (nSPS) is 10.8. The molecule has 3 nitrogen and oxygen atoms in total. The largest absolute Gasteiger partial charge is 0.349 e. The minimum Gasteiger partial charge on any atom is -0.349 e. The minimum atomic E-state index is -0.801. The number of hydrogen-bond acceptors (Lipinski definition) is 2. The van der Waals surface area contributed by atoms with Gasteiger partial charge in [0, 0.05) is 30.9 Å². The second-order valence-electron chi connectivity index (χ2n) is 4.03. The van der Waals surface area contributed by atoms with Crippen molar-refractivity contribution in [2.24, 2.45) is 0 Å². The topological polar surface area (TPSA) is 40.7 Å². The Balaban J connectivity index is 1.70. The third kappa shape index (κ3) is 3.37. The highest BCUT2D eigenvalue weighted by atomic mass is 19.2. The fraction of sp³-hybridized carbons (Fsp3) is 0.308. The molecular formula is C13H15F2N3. The first-order valence-electron chi connectivity index (χ1n) is 5.89. The van der Waals surface area contributed by atoms with Crippen molar-refractivity contribution in [2.75, 3.05) is 6.54 Å². The average Bonchev–Trinajstić information content (AvgIpc) is 2.87. The van der Waals surface area contributed by atoms with E-state index in [4.69, 9.17) is 0 Å². The predicted octanol–water partition coefficient (Wildman–Crippen LogP) is 2.41. The molecular weight excluding hydrogens is 236 g/mol. The molecule has 0 aliphatic carbocycles. The fourth-order valence-corrected chi connectivity index (χ4v) is 1.72. The van der Waals surface area contributed by atoms with Gasteiger partial charge in [-0.15, -0.1) is 0 Å². The highest BCUT2D eigenvalue weighted by Gasteiger charge is 2.06. The summed E-state index contributed by atoms with van der Waals surface area (Å²) in [5.74, 6) is -0.630. The summed E-state index contributed by atoms with van der Waals surface area (Å²) in [6.45, 7) is 1.07. The summed E-state index contributed by atoms with van der Waals surface area (Å²) in [5.41, 5.74) is 0.355. The summed E-state index contributed by atoms with van der Waals surface area (Å²) in [7, 11) is 0. The van der Waals surface area contributed by atoms with E-state index in [-0.39, 0.29) is 0 Å². The molecule has 2 aromatic rings. The van der Waals surface area contributed by atoms with Crippen LogP contribution in [-0.2, 0) is 13.0 Å². The van der Waals surface area contributed by atoms with Crippen molar-refractivity contribution in [1.82, 2.24) is 15.3 Å². The Morgan fingerprint density at radius 2 is 2.17 bits per heavy atom. The Morgan fingerprint density at radius 3 is 2.94 bits per heavy atom. The summed E-state index contributed by atoms with van der Waals surface area (Å²) < 4.78 is 26.2. The van der Waals surface area contributed by atoms with Crippen LogP contribution in [-0.4, -0.2) is 16.5 Å². The quantitative estimate of drug-likeness (QED) is 0.774. The number of aryl methyl sites for hydroxylation is 1. The van der Waals surface area contributed by atoms with E-state index in [1.807, 2.05) is 0 Å². The maximum absolute atomic E-state index is 13.3.